The van der Waals surface area contributed by atoms with Crippen LogP contribution in [0.2, 0.25) is 0 Å². The lowest BCUT2D eigenvalue weighted by molar-refractivity contribution is 0.232. The fraction of sp³-hybridized carbons (Fsp3) is 0.600. The van der Waals surface area contributed by atoms with Crippen molar-refractivity contribution in [1.82, 2.24) is 10.2 Å². The Hall–Kier alpha value is -0.320. The smallest absolute Gasteiger partial charge is 0.169 e. The summed E-state index contributed by atoms with van der Waals surface area (Å²) in [4.78, 5) is 2.45. The third-order valence-corrected chi connectivity index (χ3v) is 2.98. The van der Waals surface area contributed by atoms with E-state index in [-0.39, 0.29) is 0 Å². The summed E-state index contributed by atoms with van der Waals surface area (Å²) in [5.74, 6) is 1.02. The Morgan fingerprint density at radius 2 is 2.21 bits per heavy atom. The number of halogens is 1. The summed E-state index contributed by atoms with van der Waals surface area (Å²) in [5.41, 5.74) is 1.29. The first-order valence-electron chi connectivity index (χ1n) is 4.93. The second kappa shape index (κ2) is 4.47. The Balaban J connectivity index is 1.98. The molecule has 1 N–H and O–H groups in total. The molecule has 0 aromatic carbocycles. The molecule has 0 radical (unpaired) electrons. The van der Waals surface area contributed by atoms with Gasteiger partial charge in [0.1, 0.15) is 5.76 Å². The predicted octanol–water partition coefficient (Wildman–Crippen LogP) is 1.76. The summed E-state index contributed by atoms with van der Waals surface area (Å²) in [5, 5.41) is 3.35. The Morgan fingerprint density at radius 3 is 2.79 bits per heavy atom. The van der Waals surface area contributed by atoms with E-state index < -0.39 is 0 Å². The molecule has 2 heterocycles. The van der Waals surface area contributed by atoms with Gasteiger partial charge in [0.2, 0.25) is 0 Å². The zero-order chi connectivity index (χ0) is 9.97. The molecule has 0 spiro atoms. The van der Waals surface area contributed by atoms with Gasteiger partial charge in [0, 0.05) is 38.3 Å². The number of piperazine rings is 1. The topological polar surface area (TPSA) is 28.4 Å². The van der Waals surface area contributed by atoms with E-state index in [1.54, 1.807) is 0 Å². The average Bonchev–Trinajstić information content (AvgIpc) is 2.47. The van der Waals surface area contributed by atoms with E-state index in [0.29, 0.717) is 0 Å². The largest absolute Gasteiger partial charge is 0.454 e. The van der Waals surface area contributed by atoms with E-state index in [0.717, 1.165) is 43.2 Å². The van der Waals surface area contributed by atoms with Crippen molar-refractivity contribution < 1.29 is 4.42 Å². The Bertz CT molecular complexity index is 305. The van der Waals surface area contributed by atoms with E-state index in [1.807, 2.05) is 6.92 Å². The molecule has 1 aliphatic rings. The molecule has 1 aromatic heterocycles. The van der Waals surface area contributed by atoms with Gasteiger partial charge < -0.3 is 9.73 Å². The average molecular weight is 259 g/mol. The minimum Gasteiger partial charge on any atom is -0.454 e. The van der Waals surface area contributed by atoms with Gasteiger partial charge in [-0.3, -0.25) is 4.90 Å². The normalized spacial score (nSPS) is 18.7. The standard InChI is InChI=1S/C10H15BrN2O/c1-8-9(6-10(11)14-8)7-13-4-2-12-3-5-13/h6,12H,2-5,7H2,1H3. The number of nitrogens with zero attached hydrogens (tertiary/aromatic N) is 1. The summed E-state index contributed by atoms with van der Waals surface area (Å²) in [7, 11) is 0. The first-order chi connectivity index (χ1) is 6.75. The van der Waals surface area contributed by atoms with Crippen LogP contribution in [0, 0.1) is 6.92 Å². The van der Waals surface area contributed by atoms with Gasteiger partial charge in [-0.1, -0.05) is 0 Å². The van der Waals surface area contributed by atoms with Crippen molar-refractivity contribution in [3.63, 3.8) is 0 Å². The first kappa shape index (κ1) is 10.2. The third kappa shape index (κ3) is 2.38. The Kier molecular flexibility index (Phi) is 3.26. The maximum atomic E-state index is 5.43. The summed E-state index contributed by atoms with van der Waals surface area (Å²) in [6, 6.07) is 2.07. The second-order valence-electron chi connectivity index (χ2n) is 3.66. The van der Waals surface area contributed by atoms with Gasteiger partial charge in [0.15, 0.2) is 4.67 Å². The van der Waals surface area contributed by atoms with Crippen LogP contribution in [0.15, 0.2) is 15.2 Å². The highest BCUT2D eigenvalue weighted by atomic mass is 79.9. The van der Waals surface area contributed by atoms with Crippen LogP contribution in [0.4, 0.5) is 0 Å². The van der Waals surface area contributed by atoms with Gasteiger partial charge in [0.25, 0.3) is 0 Å². The molecule has 0 aliphatic carbocycles. The highest BCUT2D eigenvalue weighted by Crippen LogP contribution is 2.20. The monoisotopic (exact) mass is 258 g/mol. The highest BCUT2D eigenvalue weighted by molar-refractivity contribution is 9.10. The van der Waals surface area contributed by atoms with E-state index in [9.17, 15) is 0 Å². The summed E-state index contributed by atoms with van der Waals surface area (Å²) >= 11 is 3.35. The van der Waals surface area contributed by atoms with Gasteiger partial charge in [-0.05, 0) is 28.9 Å². The van der Waals surface area contributed by atoms with Crippen molar-refractivity contribution in [3.05, 3.63) is 22.1 Å². The number of rotatable bonds is 2. The SMILES string of the molecule is Cc1oc(Br)cc1CN1CCNCC1. The highest BCUT2D eigenvalue weighted by Gasteiger charge is 2.13. The minimum absolute atomic E-state index is 0.833. The van der Waals surface area contributed by atoms with Crippen molar-refractivity contribution >= 4 is 15.9 Å². The molecule has 0 unspecified atom stereocenters. The van der Waals surface area contributed by atoms with Crippen molar-refractivity contribution in [2.75, 3.05) is 26.2 Å². The number of furan rings is 1. The number of nitrogens with one attached hydrogen (secondary N) is 1. The third-order valence-electron chi connectivity index (χ3n) is 2.59. The van der Waals surface area contributed by atoms with Crippen molar-refractivity contribution in [1.29, 1.82) is 0 Å². The van der Waals surface area contributed by atoms with Gasteiger partial charge in [-0.15, -0.1) is 0 Å². The molecule has 0 bridgehead atoms. The Morgan fingerprint density at radius 1 is 1.50 bits per heavy atom. The van der Waals surface area contributed by atoms with Crippen LogP contribution in [0.25, 0.3) is 0 Å². The Labute approximate surface area is 92.6 Å². The van der Waals surface area contributed by atoms with Crippen molar-refractivity contribution in [3.8, 4) is 0 Å². The molecule has 3 nitrogen and oxygen atoms in total. The molecular weight excluding hydrogens is 244 g/mol. The predicted molar refractivity (Wildman–Crippen MR) is 59.3 cm³/mol. The lowest BCUT2D eigenvalue weighted by Gasteiger charge is -2.26. The maximum absolute atomic E-state index is 5.43. The molecule has 1 aromatic rings. The fourth-order valence-corrected chi connectivity index (χ4v) is 2.27. The van der Waals surface area contributed by atoms with Crippen LogP contribution in [-0.4, -0.2) is 31.1 Å². The van der Waals surface area contributed by atoms with Gasteiger partial charge in [-0.2, -0.15) is 0 Å². The molecule has 4 heteroatoms. The van der Waals surface area contributed by atoms with Gasteiger partial charge in [-0.25, -0.2) is 0 Å². The molecule has 1 fully saturated rings. The zero-order valence-electron chi connectivity index (χ0n) is 8.35. The molecule has 0 saturated carbocycles. The second-order valence-corrected chi connectivity index (χ2v) is 4.44. The minimum atomic E-state index is 0.833. The van der Waals surface area contributed by atoms with Gasteiger partial charge in [0.05, 0.1) is 0 Å². The zero-order valence-corrected chi connectivity index (χ0v) is 9.93. The van der Waals surface area contributed by atoms with Crippen LogP contribution in [-0.2, 0) is 6.54 Å². The molecule has 14 heavy (non-hydrogen) atoms. The lowest BCUT2D eigenvalue weighted by atomic mass is 10.2. The van der Waals surface area contributed by atoms with E-state index in [4.69, 9.17) is 4.42 Å². The molecular formula is C10H15BrN2O. The van der Waals surface area contributed by atoms with Crippen LogP contribution in [0.3, 0.4) is 0 Å². The van der Waals surface area contributed by atoms with E-state index in [2.05, 4.69) is 32.2 Å². The fourth-order valence-electron chi connectivity index (χ4n) is 1.75. The summed E-state index contributed by atoms with van der Waals surface area (Å²) < 4.78 is 6.26. The van der Waals surface area contributed by atoms with Crippen molar-refractivity contribution in [2.24, 2.45) is 0 Å². The number of hydrogen-bond donors (Lipinski definition) is 1. The van der Waals surface area contributed by atoms with Crippen molar-refractivity contribution in [2.45, 2.75) is 13.5 Å². The number of aryl methyl sites for hydroxylation is 1. The molecule has 2 rings (SSSR count). The number of hydrogen-bond acceptors (Lipinski definition) is 3. The lowest BCUT2D eigenvalue weighted by Crippen LogP contribution is -2.42. The summed E-state index contributed by atoms with van der Waals surface area (Å²) in [6.45, 7) is 7.46. The van der Waals surface area contributed by atoms with E-state index in [1.165, 1.54) is 5.56 Å². The van der Waals surface area contributed by atoms with Crippen LogP contribution < -0.4 is 5.32 Å². The molecule has 0 atom stereocenters. The van der Waals surface area contributed by atoms with Crippen LogP contribution in [0.5, 0.6) is 0 Å². The molecule has 1 saturated heterocycles. The maximum Gasteiger partial charge on any atom is 0.169 e. The van der Waals surface area contributed by atoms with E-state index >= 15 is 0 Å². The van der Waals surface area contributed by atoms with Gasteiger partial charge >= 0.3 is 0 Å². The molecule has 78 valence electrons. The van der Waals surface area contributed by atoms with Crippen LogP contribution >= 0.6 is 15.9 Å². The molecule has 0 amide bonds. The quantitative estimate of drug-likeness (QED) is 0.877. The molecule has 1 aliphatic heterocycles. The first-order valence-corrected chi connectivity index (χ1v) is 5.73. The van der Waals surface area contributed by atoms with Crippen LogP contribution in [0.1, 0.15) is 11.3 Å². The summed E-state index contributed by atoms with van der Waals surface area (Å²) in [6.07, 6.45) is 0.